The van der Waals surface area contributed by atoms with Crippen LogP contribution in [0.2, 0.25) is 0 Å². The van der Waals surface area contributed by atoms with Crippen molar-refractivity contribution >= 4 is 12.6 Å². The predicted molar refractivity (Wildman–Crippen MR) is 472 cm³/mol. The molecule has 0 amide bonds. The quantitative estimate of drug-likeness (QED) is 0.103. The Hall–Kier alpha value is -10.8. The van der Waals surface area contributed by atoms with Gasteiger partial charge in [-0.25, -0.2) is 29.6 Å². The molecule has 3 aliphatic heterocycles. The van der Waals surface area contributed by atoms with Crippen molar-refractivity contribution in [1.29, 1.82) is 0 Å². The number of aliphatic imine (C=N–C) groups is 1. The molecule has 0 atom stereocenters. The maximum atomic E-state index is 11.1. The average Bonchev–Trinajstić information content (AvgIpc) is 0.867. The van der Waals surface area contributed by atoms with Crippen molar-refractivity contribution in [3.8, 4) is 5.88 Å². The Balaban J connectivity index is 0.000000622. The highest BCUT2D eigenvalue weighted by Crippen LogP contribution is 2.20. The SMILES string of the molecule is C=C1C=C(C(C)C)C=CN1.C=C1C=C(C(C)C)C=NN1.C=C1C=C(C(C)C)N=CN1.CC(C)c1ccn(C)c(=O)c1.CC(C)c1cnn(C)c(=O)c1.COc1cc(C(C)C)ncn1.Cc1cc(C(C)C)ccn1.Cc1cc(C(C)C)ccn1.Cc1cc(C(C)C)cnn1.Cc1cc(C(C)C)cnn1.Cc1cc(C(C)C)ncn1. The molecular weight excluding hydrogens is 1410 g/mol. The monoisotopic (exact) mass is 1540 g/mol. The van der Waals surface area contributed by atoms with Gasteiger partial charge in [0.25, 0.3) is 11.1 Å². The number of nitrogens with zero attached hydrogens (tertiary/aromatic N) is 15. The van der Waals surface area contributed by atoms with E-state index in [1.54, 1.807) is 63.0 Å². The van der Waals surface area contributed by atoms with Crippen molar-refractivity contribution in [3.05, 3.63) is 295 Å². The van der Waals surface area contributed by atoms with Crippen LogP contribution in [0, 0.1) is 52.4 Å². The number of hydrogen-bond donors (Lipinski definition) is 3. The number of aromatic nitrogens is 13. The van der Waals surface area contributed by atoms with Gasteiger partial charge in [0.1, 0.15) is 12.7 Å². The number of hydrazone groups is 1. The van der Waals surface area contributed by atoms with Crippen molar-refractivity contribution in [2.45, 2.75) is 234 Å². The number of pyridine rings is 3. The molecule has 21 heteroatoms. The molecule has 0 saturated heterocycles. The second-order valence-electron chi connectivity index (χ2n) is 30.8. The second-order valence-corrected chi connectivity index (χ2v) is 30.8. The Morgan fingerprint density at radius 2 is 0.850 bits per heavy atom. The molecule has 0 bridgehead atoms. The summed E-state index contributed by atoms with van der Waals surface area (Å²) in [6.45, 7) is 68.1. The van der Waals surface area contributed by atoms with Crippen molar-refractivity contribution in [2.75, 3.05) is 7.11 Å². The third kappa shape index (κ3) is 43.5. The maximum absolute atomic E-state index is 11.1. The molecule has 3 N–H and O–H groups in total. The third-order valence-corrected chi connectivity index (χ3v) is 16.8. The number of rotatable bonds is 12. The van der Waals surface area contributed by atoms with Crippen LogP contribution in [0.15, 0.2) is 220 Å². The Kier molecular flexibility index (Phi) is 47.8. The van der Waals surface area contributed by atoms with Crippen LogP contribution >= 0.6 is 0 Å². The highest BCUT2D eigenvalue weighted by molar-refractivity contribution is 5.80. The van der Waals surface area contributed by atoms with E-state index in [0.29, 0.717) is 71.0 Å². The first kappa shape index (κ1) is 100. The van der Waals surface area contributed by atoms with E-state index in [4.69, 9.17) is 4.74 Å². The summed E-state index contributed by atoms with van der Waals surface area (Å²) < 4.78 is 7.85. The Bertz CT molecular complexity index is 4010. The van der Waals surface area contributed by atoms with E-state index >= 15 is 0 Å². The van der Waals surface area contributed by atoms with E-state index in [2.05, 4.69) is 288 Å². The average molecular weight is 1540 g/mol. The molecule has 3 aliphatic rings. The summed E-state index contributed by atoms with van der Waals surface area (Å²) in [6.07, 6.45) is 27.6. The zero-order valence-electron chi connectivity index (χ0n) is 73.9. The summed E-state index contributed by atoms with van der Waals surface area (Å²) in [5.41, 5.74) is 23.9. The smallest absolute Gasteiger partial charge is 0.266 e. The summed E-state index contributed by atoms with van der Waals surface area (Å²) in [4.78, 5) is 50.7. The van der Waals surface area contributed by atoms with Gasteiger partial charge < -0.3 is 19.9 Å². The molecule has 11 rings (SSSR count). The highest BCUT2D eigenvalue weighted by atomic mass is 16.5. The van der Waals surface area contributed by atoms with Gasteiger partial charge in [-0.2, -0.15) is 30.6 Å². The van der Waals surface area contributed by atoms with Crippen LogP contribution in [0.3, 0.4) is 0 Å². The number of hydrogen-bond acceptors (Lipinski definition) is 19. The maximum Gasteiger partial charge on any atom is 0.266 e. The van der Waals surface area contributed by atoms with Crippen molar-refractivity contribution in [3.63, 3.8) is 0 Å². The molecule has 113 heavy (non-hydrogen) atoms. The molecule has 0 aliphatic carbocycles. The molecule has 612 valence electrons. The molecule has 0 fully saturated rings. The van der Waals surface area contributed by atoms with E-state index in [9.17, 15) is 9.59 Å². The first-order chi connectivity index (χ1) is 53.0. The van der Waals surface area contributed by atoms with E-state index in [0.717, 1.165) is 73.8 Å². The van der Waals surface area contributed by atoms with Crippen LogP contribution in [-0.2, 0) is 14.1 Å². The fraction of sp³-hybridized carbons (Fsp3) is 0.446. The van der Waals surface area contributed by atoms with Crippen molar-refractivity contribution in [2.24, 2.45) is 41.9 Å². The number of ether oxygens (including phenoxy) is 1. The van der Waals surface area contributed by atoms with E-state index in [1.807, 2.05) is 116 Å². The number of aryl methyl sites for hydroxylation is 7. The molecule has 0 aromatic carbocycles. The lowest BCUT2D eigenvalue weighted by Gasteiger charge is -2.12. The van der Waals surface area contributed by atoms with Gasteiger partial charge in [-0.05, 0) is 217 Å². The summed E-state index contributed by atoms with van der Waals surface area (Å²) in [7, 11) is 5.01. The predicted octanol–water partition coefficient (Wildman–Crippen LogP) is 20.3. The largest absolute Gasteiger partial charge is 0.481 e. The van der Waals surface area contributed by atoms with Crippen LogP contribution in [0.4, 0.5) is 0 Å². The lowest BCUT2D eigenvalue weighted by atomic mass is 10.0. The minimum atomic E-state index is -0.0452. The summed E-state index contributed by atoms with van der Waals surface area (Å²) in [5.74, 6) is 6.29. The molecule has 8 aromatic rings. The fourth-order valence-electron chi connectivity index (χ4n) is 9.20. The van der Waals surface area contributed by atoms with Crippen LogP contribution in [0.25, 0.3) is 0 Å². The molecule has 8 aromatic heterocycles. The van der Waals surface area contributed by atoms with Gasteiger partial charge in [0.05, 0.1) is 55.3 Å². The Labute approximate surface area is 678 Å². The molecular formula is C92H136N18O3. The number of nitrogens with one attached hydrogen (secondary N) is 3. The third-order valence-electron chi connectivity index (χ3n) is 16.8. The molecule has 0 saturated carbocycles. The topological polar surface area (TPSA) is 256 Å². The lowest BCUT2D eigenvalue weighted by Crippen LogP contribution is -2.19. The summed E-state index contributed by atoms with van der Waals surface area (Å²) >= 11 is 0. The number of methoxy groups -OCH3 is 1. The molecule has 0 unspecified atom stereocenters. The first-order valence-corrected chi connectivity index (χ1v) is 39.1. The first-order valence-electron chi connectivity index (χ1n) is 39.1. The Morgan fingerprint density at radius 3 is 1.19 bits per heavy atom. The van der Waals surface area contributed by atoms with Crippen LogP contribution < -0.4 is 31.9 Å². The minimum absolute atomic E-state index is 0.0452. The van der Waals surface area contributed by atoms with Crippen molar-refractivity contribution < 1.29 is 4.74 Å². The highest BCUT2D eigenvalue weighted by Gasteiger charge is 2.09. The standard InChI is InChI=1S/C9H13NO.3C9H13N.2C8H12N2O.5C8H12N2/c1-7(2)8-4-5-10(3)9(11)6-8;3*1-7(2)9-4-5-10-8(3)6-9;1-6(2)7-4-8(11-3)10-5-9-7;1-6(2)7-4-8(11)10(3)9-5-7;2*1-6(2)8-4-7(3)9-5-10-8;3*1-6(2)8-4-7(3)10-9-5-8/h4-7H,1-3H3;2*4-7H,1-3H3;4-7,10H,3H2,1-2H3;2*4-6H,1-3H3;4-6H,1-3H3;4-6H,3H2,1-2H3,(H,9,10);2*4-6H,1-3H3;4-6,10H,3H2,1-2H3. The Morgan fingerprint density at radius 1 is 0.416 bits per heavy atom. The zero-order valence-corrected chi connectivity index (χ0v) is 73.9. The van der Waals surface area contributed by atoms with E-state index in [-0.39, 0.29) is 11.1 Å². The summed E-state index contributed by atoms with van der Waals surface area (Å²) in [6, 6.07) is 21.7. The van der Waals surface area contributed by atoms with E-state index in [1.165, 1.54) is 44.4 Å². The number of allylic oxidation sites excluding steroid dienone is 7. The van der Waals surface area contributed by atoms with E-state index < -0.39 is 0 Å². The van der Waals surface area contributed by atoms with Gasteiger partial charge in [-0.3, -0.25) is 25.0 Å². The van der Waals surface area contributed by atoms with Gasteiger partial charge >= 0.3 is 0 Å². The van der Waals surface area contributed by atoms with Gasteiger partial charge in [-0.15, -0.1) is 0 Å². The summed E-state index contributed by atoms with van der Waals surface area (Å²) in [5, 5.41) is 29.2. The van der Waals surface area contributed by atoms with Crippen LogP contribution in [0.1, 0.15) is 273 Å². The van der Waals surface area contributed by atoms with Crippen LogP contribution in [-0.4, -0.2) is 84.3 Å². The number of dihydropyridines is 1. The van der Waals surface area contributed by atoms with Gasteiger partial charge in [0.15, 0.2) is 0 Å². The lowest BCUT2D eigenvalue weighted by molar-refractivity contribution is 0.395. The fourth-order valence-corrected chi connectivity index (χ4v) is 9.20. The van der Waals surface area contributed by atoms with Crippen molar-refractivity contribution in [1.82, 2.24) is 80.7 Å². The molecule has 21 nitrogen and oxygen atoms in total. The van der Waals surface area contributed by atoms with Gasteiger partial charge in [-0.1, -0.05) is 172 Å². The van der Waals surface area contributed by atoms with Gasteiger partial charge in [0, 0.05) is 103 Å². The van der Waals surface area contributed by atoms with Gasteiger partial charge in [0.2, 0.25) is 5.88 Å². The minimum Gasteiger partial charge on any atom is -0.481 e. The second kappa shape index (κ2) is 54.0. The normalized spacial score (nSPS) is 12.2. The van der Waals surface area contributed by atoms with Crippen LogP contribution in [0.5, 0.6) is 5.88 Å². The molecule has 0 spiro atoms. The molecule has 0 radical (unpaired) electrons. The zero-order chi connectivity index (χ0) is 85.6. The molecule has 11 heterocycles.